The third kappa shape index (κ3) is 3.75. The summed E-state index contributed by atoms with van der Waals surface area (Å²) in [4.78, 5) is 3.86. The lowest BCUT2D eigenvalue weighted by Gasteiger charge is -2.32. The van der Waals surface area contributed by atoms with Crippen LogP contribution in [0.25, 0.3) is 0 Å². The van der Waals surface area contributed by atoms with Crippen LogP contribution >= 0.6 is 11.6 Å². The Morgan fingerprint density at radius 3 is 2.17 bits per heavy atom. The summed E-state index contributed by atoms with van der Waals surface area (Å²) in [7, 11) is -0.695. The summed E-state index contributed by atoms with van der Waals surface area (Å²) in [6, 6.07) is 1.44. The molecular weight excluding hydrogens is 333 g/mol. The van der Waals surface area contributed by atoms with Gasteiger partial charge in [0.2, 0.25) is 5.88 Å². The Hall–Kier alpha value is -0.985. The second-order valence-electron chi connectivity index (χ2n) is 6.45. The van der Waals surface area contributed by atoms with E-state index in [1.54, 1.807) is 0 Å². The molecule has 2 heterocycles. The van der Waals surface area contributed by atoms with E-state index in [2.05, 4.69) is 4.98 Å². The van der Waals surface area contributed by atoms with Crippen molar-refractivity contribution in [1.29, 1.82) is 0 Å². The van der Waals surface area contributed by atoms with E-state index in [1.807, 2.05) is 27.7 Å². The van der Waals surface area contributed by atoms with Crippen molar-refractivity contribution in [3.8, 4) is 5.88 Å². The van der Waals surface area contributed by atoms with Crippen LogP contribution < -0.4 is 10.2 Å². The predicted molar refractivity (Wildman–Crippen MR) is 81.1 cm³/mol. The molecule has 1 aromatic rings. The summed E-state index contributed by atoms with van der Waals surface area (Å²) < 4.78 is 54.0. The Morgan fingerprint density at radius 2 is 1.74 bits per heavy atom. The lowest BCUT2D eigenvalue weighted by molar-refractivity contribution is -0.189. The van der Waals surface area contributed by atoms with Gasteiger partial charge < -0.3 is 14.0 Å². The van der Waals surface area contributed by atoms with Gasteiger partial charge in [-0.3, -0.25) is 0 Å². The third-order valence-corrected chi connectivity index (χ3v) is 4.37. The van der Waals surface area contributed by atoms with Crippen molar-refractivity contribution >= 4 is 24.2 Å². The molecule has 0 radical (unpaired) electrons. The van der Waals surface area contributed by atoms with E-state index in [1.165, 1.54) is 12.3 Å². The van der Waals surface area contributed by atoms with E-state index in [9.17, 15) is 13.2 Å². The molecule has 4 nitrogen and oxygen atoms in total. The highest BCUT2D eigenvalue weighted by molar-refractivity contribution is 6.62. The third-order valence-electron chi connectivity index (χ3n) is 4.10. The Labute approximate surface area is 138 Å². The number of rotatable bonds is 3. The van der Waals surface area contributed by atoms with Crippen molar-refractivity contribution in [3.05, 3.63) is 17.3 Å². The van der Waals surface area contributed by atoms with Crippen molar-refractivity contribution in [3.63, 3.8) is 0 Å². The Balaban J connectivity index is 2.18. The zero-order valence-corrected chi connectivity index (χ0v) is 14.2. The highest BCUT2D eigenvalue weighted by Crippen LogP contribution is 2.37. The van der Waals surface area contributed by atoms with Gasteiger partial charge in [-0.25, -0.2) is 4.98 Å². The normalized spacial score (nSPS) is 21.3. The number of hydrogen-bond donors (Lipinski definition) is 0. The molecule has 1 fully saturated rings. The average Bonchev–Trinajstić information content (AvgIpc) is 2.59. The molecule has 23 heavy (non-hydrogen) atoms. The van der Waals surface area contributed by atoms with Crippen molar-refractivity contribution in [2.75, 3.05) is 0 Å². The lowest BCUT2D eigenvalue weighted by Crippen LogP contribution is -2.41. The fourth-order valence-electron chi connectivity index (χ4n) is 1.87. The van der Waals surface area contributed by atoms with E-state index in [-0.39, 0.29) is 10.9 Å². The zero-order valence-electron chi connectivity index (χ0n) is 13.5. The van der Waals surface area contributed by atoms with Gasteiger partial charge in [0.15, 0.2) is 6.10 Å². The minimum atomic E-state index is -4.49. The van der Waals surface area contributed by atoms with Gasteiger partial charge in [0.25, 0.3) is 0 Å². The number of hydrogen-bond acceptors (Lipinski definition) is 4. The summed E-state index contributed by atoms with van der Waals surface area (Å²) >= 11 is 5.98. The van der Waals surface area contributed by atoms with Gasteiger partial charge in [0, 0.05) is 11.7 Å². The summed E-state index contributed by atoms with van der Waals surface area (Å²) in [5.74, 6) is -0.281. The molecule has 0 N–H and O–H groups in total. The highest BCUT2D eigenvalue weighted by Gasteiger charge is 2.52. The predicted octanol–water partition coefficient (Wildman–Crippen LogP) is 3.36. The first-order chi connectivity index (χ1) is 10.3. The molecule has 0 spiro atoms. The molecule has 0 aromatic carbocycles. The molecule has 1 aromatic heterocycles. The largest absolute Gasteiger partial charge is 0.496 e. The average molecular weight is 352 g/mol. The number of ether oxygens (including phenoxy) is 1. The van der Waals surface area contributed by atoms with Gasteiger partial charge in [-0.2, -0.15) is 13.2 Å². The van der Waals surface area contributed by atoms with Crippen LogP contribution in [0.15, 0.2) is 12.3 Å². The van der Waals surface area contributed by atoms with E-state index in [0.29, 0.717) is 5.46 Å². The van der Waals surface area contributed by atoms with Gasteiger partial charge in [0.05, 0.1) is 11.2 Å². The van der Waals surface area contributed by atoms with Crippen LogP contribution in [-0.2, 0) is 9.31 Å². The molecule has 1 atom stereocenters. The van der Waals surface area contributed by atoms with Crippen LogP contribution in [-0.4, -0.2) is 35.6 Å². The smallest absolute Gasteiger partial charge is 0.464 e. The Morgan fingerprint density at radius 1 is 1.22 bits per heavy atom. The molecule has 0 amide bonds. The first-order valence-electron chi connectivity index (χ1n) is 7.08. The molecule has 1 aliphatic heterocycles. The summed E-state index contributed by atoms with van der Waals surface area (Å²) in [6.07, 6.45) is -5.16. The summed E-state index contributed by atoms with van der Waals surface area (Å²) in [5.41, 5.74) is -0.561. The van der Waals surface area contributed by atoms with Crippen LogP contribution in [0.4, 0.5) is 13.2 Å². The molecular formula is C14H18BClF3NO3. The number of halogens is 4. The van der Waals surface area contributed by atoms with E-state index < -0.39 is 30.6 Å². The standard InChI is InChI=1S/C14H18BClF3NO3/c1-8(14(17,18)19)21-11-10(16)6-9(7-20-11)15-22-12(2,3)13(4,5)23-15/h6-8H,1-5H3/t8-/m1/s1. The minimum absolute atomic E-state index is 0.0340. The molecule has 0 unspecified atom stereocenters. The van der Waals surface area contributed by atoms with Gasteiger partial charge in [-0.05, 0) is 40.7 Å². The Kier molecular flexibility index (Phi) is 4.65. The van der Waals surface area contributed by atoms with Crippen LogP contribution in [0, 0.1) is 0 Å². The van der Waals surface area contributed by atoms with Gasteiger partial charge in [-0.15, -0.1) is 0 Å². The molecule has 128 valence electrons. The van der Waals surface area contributed by atoms with Crippen LogP contribution in [0.1, 0.15) is 34.6 Å². The molecule has 9 heteroatoms. The summed E-state index contributed by atoms with van der Waals surface area (Å²) in [6.45, 7) is 8.46. The molecule has 0 saturated carbocycles. The van der Waals surface area contributed by atoms with Crippen molar-refractivity contribution in [1.82, 2.24) is 4.98 Å². The van der Waals surface area contributed by atoms with Crippen molar-refractivity contribution in [2.45, 2.75) is 58.1 Å². The fourth-order valence-corrected chi connectivity index (χ4v) is 2.09. The van der Waals surface area contributed by atoms with Gasteiger partial charge in [0.1, 0.15) is 5.02 Å². The van der Waals surface area contributed by atoms with Crippen LogP contribution in [0.2, 0.25) is 5.02 Å². The molecule has 0 aliphatic carbocycles. The maximum atomic E-state index is 12.5. The molecule has 2 rings (SSSR count). The van der Waals surface area contributed by atoms with Crippen molar-refractivity contribution in [2.24, 2.45) is 0 Å². The quantitative estimate of drug-likeness (QED) is 0.783. The van der Waals surface area contributed by atoms with Crippen molar-refractivity contribution < 1.29 is 27.2 Å². The minimum Gasteiger partial charge on any atom is -0.464 e. The number of pyridine rings is 1. The fraction of sp³-hybridized carbons (Fsp3) is 0.643. The number of nitrogens with zero attached hydrogens (tertiary/aromatic N) is 1. The molecule has 0 bridgehead atoms. The number of alkyl halides is 3. The monoisotopic (exact) mass is 351 g/mol. The lowest BCUT2D eigenvalue weighted by atomic mass is 9.80. The second kappa shape index (κ2) is 5.83. The summed E-state index contributed by atoms with van der Waals surface area (Å²) in [5, 5.41) is -0.0340. The van der Waals surface area contributed by atoms with Crippen LogP contribution in [0.5, 0.6) is 5.88 Å². The van der Waals surface area contributed by atoms with E-state index in [4.69, 9.17) is 25.6 Å². The van der Waals surface area contributed by atoms with E-state index in [0.717, 1.165) is 6.92 Å². The maximum absolute atomic E-state index is 12.5. The molecule has 1 aliphatic rings. The SMILES string of the molecule is C[C@@H](Oc1ncc(B2OC(C)(C)C(C)(C)O2)cc1Cl)C(F)(F)F. The van der Waals surface area contributed by atoms with Gasteiger partial charge in [-0.1, -0.05) is 11.6 Å². The topological polar surface area (TPSA) is 40.6 Å². The van der Waals surface area contributed by atoms with Gasteiger partial charge >= 0.3 is 13.3 Å². The first kappa shape index (κ1) is 18.4. The van der Waals surface area contributed by atoms with E-state index >= 15 is 0 Å². The molecule has 1 saturated heterocycles. The highest BCUT2D eigenvalue weighted by atomic mass is 35.5. The maximum Gasteiger partial charge on any atom is 0.496 e. The zero-order chi connectivity index (χ0) is 17.6. The Bertz CT molecular complexity index is 579. The second-order valence-corrected chi connectivity index (χ2v) is 6.85. The van der Waals surface area contributed by atoms with Crippen LogP contribution in [0.3, 0.4) is 0 Å². The number of aromatic nitrogens is 1. The first-order valence-corrected chi connectivity index (χ1v) is 7.46.